The third kappa shape index (κ3) is 1.49. The van der Waals surface area contributed by atoms with Crippen LogP contribution in [0.25, 0.3) is 0 Å². The zero-order chi connectivity index (χ0) is 23.4. The predicted molar refractivity (Wildman–Crippen MR) is 98.2 cm³/mol. The average molecular weight is 454 g/mol. The van der Waals surface area contributed by atoms with E-state index in [0.29, 0.717) is 0 Å². The number of aliphatic hydroxyl groups is 3. The fraction of sp³-hybridized carbons (Fsp3) is 0.857. The van der Waals surface area contributed by atoms with Crippen molar-refractivity contribution in [3.63, 3.8) is 0 Å². The van der Waals surface area contributed by atoms with Gasteiger partial charge in [-0.2, -0.15) is 0 Å². The minimum atomic E-state index is -2.32. The van der Waals surface area contributed by atoms with Crippen LogP contribution in [0.2, 0.25) is 0 Å². The molecule has 2 aliphatic carbocycles. The van der Waals surface area contributed by atoms with Crippen molar-refractivity contribution in [3.8, 4) is 0 Å². The van der Waals surface area contributed by atoms with Crippen molar-refractivity contribution in [1.29, 1.82) is 0 Å². The van der Waals surface area contributed by atoms with Gasteiger partial charge in [0.15, 0.2) is 17.8 Å². The fourth-order valence-corrected chi connectivity index (χ4v) is 8.53. The normalized spacial score (nSPS) is 59.4. The minimum absolute atomic E-state index is 0.713. The van der Waals surface area contributed by atoms with Crippen LogP contribution >= 0.6 is 0 Å². The van der Waals surface area contributed by atoms with Gasteiger partial charge in [0.1, 0.15) is 12.2 Å². The van der Waals surface area contributed by atoms with Gasteiger partial charge in [-0.05, 0) is 12.3 Å². The Hall–Kier alpha value is -1.79. The molecule has 4 aliphatic heterocycles. The van der Waals surface area contributed by atoms with Gasteiger partial charge in [-0.3, -0.25) is 4.79 Å². The van der Waals surface area contributed by atoms with Crippen LogP contribution in [0.4, 0.5) is 0 Å². The molecule has 0 aromatic carbocycles. The van der Waals surface area contributed by atoms with E-state index in [9.17, 15) is 29.7 Å². The van der Waals surface area contributed by atoms with Crippen molar-refractivity contribution < 1.29 is 53.4 Å². The first-order valence-corrected chi connectivity index (χ1v) is 10.7. The lowest BCUT2D eigenvalue weighted by molar-refractivity contribution is -0.240. The average Bonchev–Trinajstić information content (AvgIpc) is 3.38. The summed E-state index contributed by atoms with van der Waals surface area (Å²) in [6.45, 7) is 6.88. The van der Waals surface area contributed by atoms with E-state index < -0.39 is 94.0 Å². The van der Waals surface area contributed by atoms with Crippen LogP contribution in [0.1, 0.15) is 27.7 Å². The molecule has 3 N–H and O–H groups in total. The Morgan fingerprint density at radius 3 is 2.25 bits per heavy atom. The monoisotopic (exact) mass is 454 g/mol. The Labute approximate surface area is 182 Å². The van der Waals surface area contributed by atoms with E-state index in [4.69, 9.17) is 23.7 Å². The van der Waals surface area contributed by atoms with Crippen LogP contribution in [-0.2, 0) is 38.1 Å². The number of aliphatic hydroxyl groups excluding tert-OH is 2. The molecule has 6 fully saturated rings. The Bertz CT molecular complexity index is 973. The van der Waals surface area contributed by atoms with Crippen molar-refractivity contribution in [2.45, 2.75) is 75.7 Å². The molecule has 32 heavy (non-hydrogen) atoms. The number of esters is 3. The van der Waals surface area contributed by atoms with E-state index in [1.807, 2.05) is 20.8 Å². The minimum Gasteiger partial charge on any atom is -0.456 e. The van der Waals surface area contributed by atoms with E-state index in [2.05, 4.69) is 0 Å². The first-order chi connectivity index (χ1) is 14.8. The van der Waals surface area contributed by atoms with Crippen LogP contribution in [0.15, 0.2) is 0 Å². The van der Waals surface area contributed by atoms with E-state index in [0.717, 1.165) is 0 Å². The summed E-state index contributed by atoms with van der Waals surface area (Å²) < 4.78 is 28.3. The number of fused-ring (bicyclic) bond motifs is 1. The lowest BCUT2D eigenvalue weighted by atomic mass is 9.51. The molecule has 176 valence electrons. The Balaban J connectivity index is 1.75. The number of carbonyl (C=O) groups excluding carboxylic acids is 3. The topological polar surface area (TPSA) is 158 Å². The highest BCUT2D eigenvalue weighted by Gasteiger charge is 3.05. The number of methoxy groups -OCH3 is 1. The SMILES string of the molecule is CO[C@H]1C(=O)OC2OC34C(=O)OC5[C@H](O)C(C(C)(C)C)C21C53C(O)C1OC(=O)[C@@H](C)[C@@]14O. The molecule has 0 aromatic rings. The molecule has 6 rings (SSSR count). The van der Waals surface area contributed by atoms with E-state index in [1.165, 1.54) is 14.0 Å². The summed E-state index contributed by atoms with van der Waals surface area (Å²) in [6.07, 6.45) is -8.71. The maximum absolute atomic E-state index is 13.5. The molecule has 0 amide bonds. The molecule has 11 nitrogen and oxygen atoms in total. The van der Waals surface area contributed by atoms with Crippen LogP contribution in [0, 0.1) is 28.1 Å². The number of hydrogen-bond donors (Lipinski definition) is 3. The maximum Gasteiger partial charge on any atom is 0.343 e. The molecular formula is C21H26O11. The standard InChI is InChI=1S/C21H26O11/c1-6-13(24)29-11-9(23)19-10-7(22)8(17(2,3)4)18(19)12(28-5)14(25)31-16(18)32-21(19,15(26)30-10)20(6,11)27/h6-12,16,22-23,27H,1-5H3/t6-,7-,8?,9?,10?,11?,12+,16?,18?,19?,20-,21?/m1/s1. The molecule has 0 aromatic heterocycles. The molecule has 8 unspecified atom stereocenters. The molecule has 0 radical (unpaired) electrons. The first-order valence-electron chi connectivity index (χ1n) is 10.7. The Morgan fingerprint density at radius 2 is 1.66 bits per heavy atom. The fourth-order valence-electron chi connectivity index (χ4n) is 8.53. The number of ether oxygens (including phenoxy) is 5. The van der Waals surface area contributed by atoms with Crippen molar-refractivity contribution >= 4 is 17.9 Å². The van der Waals surface area contributed by atoms with Gasteiger partial charge in [0.25, 0.3) is 0 Å². The molecular weight excluding hydrogens is 428 g/mol. The van der Waals surface area contributed by atoms with Gasteiger partial charge in [-0.25, -0.2) is 9.59 Å². The van der Waals surface area contributed by atoms with Gasteiger partial charge >= 0.3 is 17.9 Å². The van der Waals surface area contributed by atoms with Gasteiger partial charge in [0.2, 0.25) is 11.9 Å². The number of hydrogen-bond acceptors (Lipinski definition) is 11. The lowest BCUT2D eigenvalue weighted by Crippen LogP contribution is -2.67. The number of carbonyl (C=O) groups is 3. The zero-order valence-electron chi connectivity index (χ0n) is 18.2. The van der Waals surface area contributed by atoms with Crippen molar-refractivity contribution in [3.05, 3.63) is 0 Å². The second-order valence-electron chi connectivity index (χ2n) is 11.0. The van der Waals surface area contributed by atoms with Crippen LogP contribution in [0.5, 0.6) is 0 Å². The highest BCUT2D eigenvalue weighted by atomic mass is 16.8. The third-order valence-corrected chi connectivity index (χ3v) is 9.16. The van der Waals surface area contributed by atoms with E-state index >= 15 is 0 Å². The van der Waals surface area contributed by atoms with Crippen molar-refractivity contribution in [2.75, 3.05) is 7.11 Å². The van der Waals surface area contributed by atoms with E-state index in [-0.39, 0.29) is 0 Å². The smallest absolute Gasteiger partial charge is 0.343 e. The number of rotatable bonds is 1. The quantitative estimate of drug-likeness (QED) is 0.305. The molecule has 6 aliphatic rings. The molecule has 4 saturated heterocycles. The summed E-state index contributed by atoms with van der Waals surface area (Å²) in [7, 11) is 1.29. The molecule has 12 atom stereocenters. The summed E-state index contributed by atoms with van der Waals surface area (Å²) >= 11 is 0. The first kappa shape index (κ1) is 20.8. The van der Waals surface area contributed by atoms with Gasteiger partial charge in [-0.15, -0.1) is 0 Å². The molecule has 11 heteroatoms. The molecule has 2 saturated carbocycles. The zero-order valence-corrected chi connectivity index (χ0v) is 18.2. The van der Waals surface area contributed by atoms with Gasteiger partial charge < -0.3 is 39.0 Å². The van der Waals surface area contributed by atoms with E-state index in [1.54, 1.807) is 0 Å². The maximum atomic E-state index is 13.5. The van der Waals surface area contributed by atoms with Gasteiger partial charge in [0, 0.05) is 13.0 Å². The van der Waals surface area contributed by atoms with Gasteiger partial charge in [-0.1, -0.05) is 20.8 Å². The summed E-state index contributed by atoms with van der Waals surface area (Å²) in [5.74, 6) is -4.70. The lowest BCUT2D eigenvalue weighted by Gasteiger charge is -2.48. The molecule has 2 spiro atoms. The summed E-state index contributed by atoms with van der Waals surface area (Å²) in [5, 5.41) is 35.3. The summed E-state index contributed by atoms with van der Waals surface area (Å²) in [4.78, 5) is 38.9. The predicted octanol–water partition coefficient (Wildman–Crippen LogP) is -1.74. The van der Waals surface area contributed by atoms with Crippen LogP contribution in [-0.4, -0.2) is 88.3 Å². The van der Waals surface area contributed by atoms with Crippen LogP contribution < -0.4 is 0 Å². The largest absolute Gasteiger partial charge is 0.456 e. The summed E-state index contributed by atoms with van der Waals surface area (Å²) in [5.41, 5.74) is -8.83. The van der Waals surface area contributed by atoms with Crippen molar-refractivity contribution in [1.82, 2.24) is 0 Å². The second kappa shape index (κ2) is 5.30. The molecule has 0 bridgehead atoms. The summed E-state index contributed by atoms with van der Waals surface area (Å²) in [6, 6.07) is 0. The second-order valence-corrected chi connectivity index (χ2v) is 11.0. The Morgan fingerprint density at radius 1 is 1.00 bits per heavy atom. The highest BCUT2D eigenvalue weighted by Crippen LogP contribution is 2.84. The van der Waals surface area contributed by atoms with Gasteiger partial charge in [0.05, 0.1) is 22.9 Å². The van der Waals surface area contributed by atoms with Crippen LogP contribution in [0.3, 0.4) is 0 Å². The third-order valence-electron chi connectivity index (χ3n) is 9.16. The van der Waals surface area contributed by atoms with Crippen molar-refractivity contribution in [2.24, 2.45) is 28.1 Å². The molecule has 4 heterocycles. The highest BCUT2D eigenvalue weighted by molar-refractivity contribution is 5.94. The Kier molecular flexibility index (Phi) is 3.45.